The fourth-order valence-corrected chi connectivity index (χ4v) is 5.14. The maximum atomic E-state index is 5.94. The number of rotatable bonds is 11. The SMILES string of the molecule is CCOc1ccc(CN(C)Cc2nnc(SCc3ccccc3C)n2C[C@@H]2CCCO2)cc1. The number of nitrogens with zero attached hydrogens (tertiary/aromatic N) is 4. The largest absolute Gasteiger partial charge is 0.494 e. The second-order valence-electron chi connectivity index (χ2n) is 8.61. The van der Waals surface area contributed by atoms with Crippen molar-refractivity contribution in [3.63, 3.8) is 0 Å². The Morgan fingerprint density at radius 2 is 1.94 bits per heavy atom. The van der Waals surface area contributed by atoms with Crippen LogP contribution < -0.4 is 4.74 Å². The Morgan fingerprint density at radius 1 is 1.12 bits per heavy atom. The van der Waals surface area contributed by atoms with Gasteiger partial charge in [-0.05, 0) is 62.6 Å². The maximum Gasteiger partial charge on any atom is 0.191 e. The molecule has 0 saturated carbocycles. The van der Waals surface area contributed by atoms with Gasteiger partial charge in [-0.1, -0.05) is 48.2 Å². The molecule has 7 heteroatoms. The Hall–Kier alpha value is -2.35. The van der Waals surface area contributed by atoms with Gasteiger partial charge in [-0.25, -0.2) is 0 Å². The van der Waals surface area contributed by atoms with E-state index in [0.29, 0.717) is 6.61 Å². The molecule has 1 aromatic heterocycles. The molecule has 1 atom stereocenters. The summed E-state index contributed by atoms with van der Waals surface area (Å²) in [6.07, 6.45) is 2.47. The molecule has 6 nitrogen and oxygen atoms in total. The van der Waals surface area contributed by atoms with E-state index >= 15 is 0 Å². The smallest absolute Gasteiger partial charge is 0.191 e. The van der Waals surface area contributed by atoms with E-state index in [1.807, 2.05) is 19.1 Å². The summed E-state index contributed by atoms with van der Waals surface area (Å²) in [5, 5.41) is 10.1. The second-order valence-corrected chi connectivity index (χ2v) is 9.55. The van der Waals surface area contributed by atoms with Crippen LogP contribution in [0.5, 0.6) is 5.75 Å². The van der Waals surface area contributed by atoms with Crippen molar-refractivity contribution in [2.45, 2.75) is 63.3 Å². The van der Waals surface area contributed by atoms with E-state index in [4.69, 9.17) is 9.47 Å². The van der Waals surface area contributed by atoms with Crippen LogP contribution in [0.3, 0.4) is 0 Å². The van der Waals surface area contributed by atoms with Crippen molar-refractivity contribution in [2.24, 2.45) is 0 Å². The monoisotopic (exact) mass is 466 g/mol. The molecule has 1 saturated heterocycles. The van der Waals surface area contributed by atoms with Gasteiger partial charge in [0.2, 0.25) is 0 Å². The highest BCUT2D eigenvalue weighted by atomic mass is 32.2. The summed E-state index contributed by atoms with van der Waals surface area (Å²) in [7, 11) is 2.13. The summed E-state index contributed by atoms with van der Waals surface area (Å²) in [5.41, 5.74) is 3.90. The van der Waals surface area contributed by atoms with Crippen molar-refractivity contribution < 1.29 is 9.47 Å². The molecular weight excluding hydrogens is 432 g/mol. The number of hydrogen-bond acceptors (Lipinski definition) is 6. The third-order valence-corrected chi connectivity index (χ3v) is 6.94. The van der Waals surface area contributed by atoms with Crippen LogP contribution in [0.4, 0.5) is 0 Å². The normalized spacial score (nSPS) is 15.9. The van der Waals surface area contributed by atoms with E-state index in [9.17, 15) is 0 Å². The molecule has 0 spiro atoms. The summed E-state index contributed by atoms with van der Waals surface area (Å²) < 4.78 is 13.8. The van der Waals surface area contributed by atoms with Crippen molar-refractivity contribution in [2.75, 3.05) is 20.3 Å². The molecule has 2 aromatic carbocycles. The van der Waals surface area contributed by atoms with Crippen molar-refractivity contribution in [3.05, 3.63) is 71.0 Å². The molecule has 0 bridgehead atoms. The highest BCUT2D eigenvalue weighted by Gasteiger charge is 2.22. The number of hydrogen-bond donors (Lipinski definition) is 0. The molecule has 1 aliphatic rings. The summed E-state index contributed by atoms with van der Waals surface area (Å²) in [5.74, 6) is 2.79. The number of benzene rings is 2. The van der Waals surface area contributed by atoms with E-state index in [1.165, 1.54) is 16.7 Å². The van der Waals surface area contributed by atoms with Crippen molar-refractivity contribution in [1.29, 1.82) is 0 Å². The lowest BCUT2D eigenvalue weighted by Crippen LogP contribution is -2.23. The quantitative estimate of drug-likeness (QED) is 0.367. The van der Waals surface area contributed by atoms with Crippen LogP contribution in [0.15, 0.2) is 53.7 Å². The average Bonchev–Trinajstić information content (AvgIpc) is 3.46. The van der Waals surface area contributed by atoms with Crippen LogP contribution >= 0.6 is 11.8 Å². The molecule has 1 fully saturated rings. The summed E-state index contributed by atoms with van der Waals surface area (Å²) in [6, 6.07) is 16.9. The summed E-state index contributed by atoms with van der Waals surface area (Å²) in [4.78, 5) is 2.28. The van der Waals surface area contributed by atoms with E-state index in [2.05, 4.69) is 70.0 Å². The zero-order valence-corrected chi connectivity index (χ0v) is 20.7. The zero-order valence-electron chi connectivity index (χ0n) is 19.9. The third kappa shape index (κ3) is 6.59. The van der Waals surface area contributed by atoms with Gasteiger partial charge in [0.05, 0.1) is 25.8 Å². The van der Waals surface area contributed by atoms with Gasteiger partial charge in [-0.3, -0.25) is 4.90 Å². The Balaban J connectivity index is 1.44. The average molecular weight is 467 g/mol. The highest BCUT2D eigenvalue weighted by Crippen LogP contribution is 2.26. The van der Waals surface area contributed by atoms with E-state index in [1.54, 1.807) is 11.8 Å². The Bertz CT molecular complexity index is 1020. The van der Waals surface area contributed by atoms with Gasteiger partial charge in [0.25, 0.3) is 0 Å². The van der Waals surface area contributed by atoms with E-state index < -0.39 is 0 Å². The fourth-order valence-electron chi connectivity index (χ4n) is 4.10. The predicted octanol–water partition coefficient (Wildman–Crippen LogP) is 5.09. The van der Waals surface area contributed by atoms with Crippen LogP contribution in [0.2, 0.25) is 0 Å². The lowest BCUT2D eigenvalue weighted by atomic mass is 10.1. The maximum absolute atomic E-state index is 5.94. The molecule has 0 unspecified atom stereocenters. The summed E-state index contributed by atoms with van der Waals surface area (Å²) >= 11 is 1.76. The Morgan fingerprint density at radius 3 is 2.67 bits per heavy atom. The summed E-state index contributed by atoms with van der Waals surface area (Å²) in [6.45, 7) is 8.09. The highest BCUT2D eigenvalue weighted by molar-refractivity contribution is 7.98. The lowest BCUT2D eigenvalue weighted by Gasteiger charge is -2.19. The zero-order chi connectivity index (χ0) is 23.0. The first-order valence-corrected chi connectivity index (χ1v) is 12.7. The van der Waals surface area contributed by atoms with E-state index in [-0.39, 0.29) is 6.10 Å². The molecule has 0 N–H and O–H groups in total. The third-order valence-electron chi connectivity index (χ3n) is 5.92. The molecule has 1 aliphatic heterocycles. The van der Waals surface area contributed by atoms with Gasteiger partial charge in [-0.15, -0.1) is 10.2 Å². The Kier molecular flexibility index (Phi) is 8.42. The first kappa shape index (κ1) is 23.8. The second kappa shape index (κ2) is 11.7. The molecule has 176 valence electrons. The topological polar surface area (TPSA) is 52.4 Å². The lowest BCUT2D eigenvalue weighted by molar-refractivity contribution is 0.0934. The Labute approximate surface area is 201 Å². The van der Waals surface area contributed by atoms with Crippen molar-refractivity contribution >= 4 is 11.8 Å². The van der Waals surface area contributed by atoms with Crippen LogP contribution in [-0.2, 0) is 30.1 Å². The van der Waals surface area contributed by atoms with E-state index in [0.717, 1.165) is 61.6 Å². The van der Waals surface area contributed by atoms with Crippen LogP contribution in [0.1, 0.15) is 42.3 Å². The molecule has 33 heavy (non-hydrogen) atoms. The number of aryl methyl sites for hydroxylation is 1. The minimum Gasteiger partial charge on any atom is -0.494 e. The fraction of sp³-hybridized carbons (Fsp3) is 0.462. The van der Waals surface area contributed by atoms with Crippen molar-refractivity contribution in [1.82, 2.24) is 19.7 Å². The van der Waals surface area contributed by atoms with Gasteiger partial charge in [0.15, 0.2) is 5.16 Å². The van der Waals surface area contributed by atoms with Gasteiger partial charge < -0.3 is 14.0 Å². The van der Waals surface area contributed by atoms with Crippen LogP contribution in [0, 0.1) is 6.92 Å². The van der Waals surface area contributed by atoms with Crippen LogP contribution in [-0.4, -0.2) is 46.0 Å². The van der Waals surface area contributed by atoms with Gasteiger partial charge in [0.1, 0.15) is 11.6 Å². The number of ether oxygens (including phenoxy) is 2. The predicted molar refractivity (Wildman–Crippen MR) is 133 cm³/mol. The molecule has 0 aliphatic carbocycles. The van der Waals surface area contributed by atoms with Crippen LogP contribution in [0.25, 0.3) is 0 Å². The molecule has 0 amide bonds. The van der Waals surface area contributed by atoms with Crippen molar-refractivity contribution in [3.8, 4) is 5.75 Å². The minimum atomic E-state index is 0.244. The molecular formula is C26H34N4O2S. The first-order chi connectivity index (χ1) is 16.1. The van der Waals surface area contributed by atoms with Gasteiger partial charge >= 0.3 is 0 Å². The molecule has 2 heterocycles. The molecule has 3 aromatic rings. The first-order valence-electron chi connectivity index (χ1n) is 11.7. The van der Waals surface area contributed by atoms with Gasteiger partial charge in [-0.2, -0.15) is 0 Å². The molecule has 4 rings (SSSR count). The van der Waals surface area contributed by atoms with Gasteiger partial charge in [0, 0.05) is 18.9 Å². The number of thioether (sulfide) groups is 1. The molecule has 0 radical (unpaired) electrons. The minimum absolute atomic E-state index is 0.244. The standard InChI is InChI=1S/C26H34N4O2S/c1-4-31-23-13-11-21(12-14-23)16-29(3)18-25-27-28-26(30(25)17-24-10-7-15-32-24)33-19-22-9-6-5-8-20(22)2/h5-6,8-9,11-14,24H,4,7,10,15-19H2,1-3H3/t24-/m0/s1. The number of aromatic nitrogens is 3.